The van der Waals surface area contributed by atoms with Crippen molar-refractivity contribution in [3.05, 3.63) is 42.1 Å². The summed E-state index contributed by atoms with van der Waals surface area (Å²) in [6, 6.07) is 9.77. The Balaban J connectivity index is 1.32. The number of hydrogen-bond acceptors (Lipinski definition) is 7. The Morgan fingerprint density at radius 1 is 1.19 bits per heavy atom. The maximum absolute atomic E-state index is 12.7. The molecule has 1 aromatic carbocycles. The van der Waals surface area contributed by atoms with Gasteiger partial charge in [-0.2, -0.15) is 0 Å². The van der Waals surface area contributed by atoms with Gasteiger partial charge in [0.25, 0.3) is 0 Å². The van der Waals surface area contributed by atoms with Gasteiger partial charge in [-0.25, -0.2) is 9.59 Å². The Hall–Kier alpha value is -3.16. The van der Waals surface area contributed by atoms with Crippen molar-refractivity contribution in [2.24, 2.45) is 5.16 Å². The molecule has 2 aliphatic heterocycles. The Bertz CT molecular complexity index is 1050. The fraction of sp³-hybridized carbons (Fsp3) is 0.500. The van der Waals surface area contributed by atoms with E-state index in [0.29, 0.717) is 32.4 Å². The number of pyridine rings is 1. The molecule has 8 nitrogen and oxygen atoms in total. The van der Waals surface area contributed by atoms with Crippen molar-refractivity contribution in [1.29, 1.82) is 0 Å². The van der Waals surface area contributed by atoms with Crippen LogP contribution in [0.4, 0.5) is 4.79 Å². The molecule has 2 aromatic rings. The fourth-order valence-electron chi connectivity index (χ4n) is 3.93. The lowest BCUT2D eigenvalue weighted by Gasteiger charge is -2.37. The number of rotatable bonds is 3. The van der Waals surface area contributed by atoms with Gasteiger partial charge in [-0.05, 0) is 39.8 Å². The van der Waals surface area contributed by atoms with Crippen molar-refractivity contribution < 1.29 is 23.9 Å². The molecule has 4 rings (SSSR count). The van der Waals surface area contributed by atoms with Gasteiger partial charge in [-0.3, -0.25) is 4.98 Å². The molecule has 32 heavy (non-hydrogen) atoms. The summed E-state index contributed by atoms with van der Waals surface area (Å²) < 4.78 is 11.1. The molecule has 1 aromatic heterocycles. The lowest BCUT2D eigenvalue weighted by Crippen LogP contribution is -2.48. The number of carbonyl (C=O) groups is 2. The molecule has 1 saturated heterocycles. The van der Waals surface area contributed by atoms with Crippen LogP contribution in [0.25, 0.3) is 10.9 Å². The normalized spacial score (nSPS) is 18.8. The maximum Gasteiger partial charge on any atom is 0.410 e. The summed E-state index contributed by atoms with van der Waals surface area (Å²) in [7, 11) is 0. The van der Waals surface area contributed by atoms with Crippen molar-refractivity contribution in [3.8, 4) is 0 Å². The molecule has 170 valence electrons. The third-order valence-corrected chi connectivity index (χ3v) is 5.77. The molecule has 0 saturated carbocycles. The number of piperidine rings is 1. The molecule has 1 atom stereocenters. The van der Waals surface area contributed by atoms with E-state index in [2.05, 4.69) is 10.1 Å². The van der Waals surface area contributed by atoms with Crippen LogP contribution in [-0.4, -0.2) is 51.9 Å². The SMILES string of the molecule is CC(OC(=O)C1=NOC2(CCN(C(=O)OC(C)(C)C)CC2)C1)c1cnc2ccccc2c1. The third kappa shape index (κ3) is 4.84. The molecule has 2 aliphatic rings. The zero-order chi connectivity index (χ0) is 22.9. The lowest BCUT2D eigenvalue weighted by molar-refractivity contribution is -0.140. The highest BCUT2D eigenvalue weighted by Crippen LogP contribution is 2.35. The number of esters is 1. The number of ether oxygens (including phenoxy) is 2. The second-order valence-electron chi connectivity index (χ2n) is 9.47. The van der Waals surface area contributed by atoms with Gasteiger partial charge in [0, 0.05) is 49.5 Å². The van der Waals surface area contributed by atoms with Crippen LogP contribution in [0.5, 0.6) is 0 Å². The molecular formula is C24H29N3O5. The second-order valence-corrected chi connectivity index (χ2v) is 9.47. The molecule has 1 spiro atoms. The number of para-hydroxylation sites is 1. The number of nitrogens with zero attached hydrogens (tertiary/aromatic N) is 3. The average Bonchev–Trinajstić information content (AvgIpc) is 3.16. The molecule has 0 radical (unpaired) electrons. The van der Waals surface area contributed by atoms with Crippen molar-refractivity contribution in [2.45, 2.75) is 64.3 Å². The molecule has 0 bridgehead atoms. The first-order valence-electron chi connectivity index (χ1n) is 10.9. The van der Waals surface area contributed by atoms with Crippen LogP contribution in [0.1, 0.15) is 58.6 Å². The van der Waals surface area contributed by atoms with Gasteiger partial charge in [0.15, 0.2) is 5.71 Å². The van der Waals surface area contributed by atoms with Gasteiger partial charge in [-0.15, -0.1) is 0 Å². The van der Waals surface area contributed by atoms with E-state index in [4.69, 9.17) is 14.3 Å². The van der Waals surface area contributed by atoms with Gasteiger partial charge >= 0.3 is 12.1 Å². The van der Waals surface area contributed by atoms with Crippen LogP contribution in [0.2, 0.25) is 0 Å². The number of carbonyl (C=O) groups excluding carboxylic acids is 2. The highest BCUT2D eigenvalue weighted by molar-refractivity contribution is 6.36. The topological polar surface area (TPSA) is 90.3 Å². The first-order valence-corrected chi connectivity index (χ1v) is 10.9. The van der Waals surface area contributed by atoms with E-state index in [0.717, 1.165) is 16.5 Å². The van der Waals surface area contributed by atoms with Crippen LogP contribution >= 0.6 is 0 Å². The summed E-state index contributed by atoms with van der Waals surface area (Å²) in [4.78, 5) is 36.8. The number of amides is 1. The van der Waals surface area contributed by atoms with Crippen molar-refractivity contribution >= 4 is 28.7 Å². The number of likely N-dealkylation sites (tertiary alicyclic amines) is 1. The van der Waals surface area contributed by atoms with E-state index in [1.807, 2.05) is 58.0 Å². The highest BCUT2D eigenvalue weighted by Gasteiger charge is 2.45. The third-order valence-electron chi connectivity index (χ3n) is 5.77. The van der Waals surface area contributed by atoms with E-state index in [1.54, 1.807) is 11.1 Å². The van der Waals surface area contributed by atoms with Gasteiger partial charge < -0.3 is 19.2 Å². The van der Waals surface area contributed by atoms with Gasteiger partial charge in [-0.1, -0.05) is 23.4 Å². The predicted molar refractivity (Wildman–Crippen MR) is 119 cm³/mol. The van der Waals surface area contributed by atoms with Crippen LogP contribution in [0, 0.1) is 0 Å². The number of aromatic nitrogens is 1. The molecule has 3 heterocycles. The van der Waals surface area contributed by atoms with Gasteiger partial charge in [0.2, 0.25) is 0 Å². The van der Waals surface area contributed by atoms with Crippen LogP contribution in [-0.2, 0) is 19.1 Å². The minimum atomic E-state index is -0.569. The maximum atomic E-state index is 12.7. The summed E-state index contributed by atoms with van der Waals surface area (Å²) in [6.45, 7) is 8.33. The quantitative estimate of drug-likeness (QED) is 0.659. The first kappa shape index (κ1) is 22.0. The van der Waals surface area contributed by atoms with Gasteiger partial charge in [0.05, 0.1) is 5.52 Å². The Labute approximate surface area is 187 Å². The molecule has 8 heteroatoms. The van der Waals surface area contributed by atoms with E-state index >= 15 is 0 Å². The van der Waals surface area contributed by atoms with Crippen LogP contribution < -0.4 is 0 Å². The number of hydrogen-bond donors (Lipinski definition) is 0. The summed E-state index contributed by atoms with van der Waals surface area (Å²) in [6.07, 6.45) is 2.46. The Morgan fingerprint density at radius 2 is 1.91 bits per heavy atom. The van der Waals surface area contributed by atoms with Crippen molar-refractivity contribution in [3.63, 3.8) is 0 Å². The van der Waals surface area contributed by atoms with Crippen LogP contribution in [0.15, 0.2) is 41.7 Å². The fourth-order valence-corrected chi connectivity index (χ4v) is 3.93. The summed E-state index contributed by atoms with van der Waals surface area (Å²) in [5.74, 6) is -0.489. The molecule has 1 fully saturated rings. The van der Waals surface area contributed by atoms with E-state index in [-0.39, 0.29) is 11.8 Å². The molecule has 0 aliphatic carbocycles. The van der Waals surface area contributed by atoms with E-state index < -0.39 is 23.3 Å². The smallest absolute Gasteiger partial charge is 0.410 e. The number of benzene rings is 1. The largest absolute Gasteiger partial charge is 0.453 e. The summed E-state index contributed by atoms with van der Waals surface area (Å²) >= 11 is 0. The monoisotopic (exact) mass is 439 g/mol. The van der Waals surface area contributed by atoms with Crippen LogP contribution in [0.3, 0.4) is 0 Å². The Kier molecular flexibility index (Phi) is 5.79. The second kappa shape index (κ2) is 8.41. The summed E-state index contributed by atoms with van der Waals surface area (Å²) in [5.41, 5.74) is 0.879. The van der Waals surface area contributed by atoms with E-state index in [1.165, 1.54) is 0 Å². The van der Waals surface area contributed by atoms with Crippen molar-refractivity contribution in [1.82, 2.24) is 9.88 Å². The van der Waals surface area contributed by atoms with Gasteiger partial charge in [0.1, 0.15) is 17.3 Å². The molecule has 1 amide bonds. The number of fused-ring (bicyclic) bond motifs is 1. The molecule has 1 unspecified atom stereocenters. The highest BCUT2D eigenvalue weighted by atomic mass is 16.7. The lowest BCUT2D eigenvalue weighted by atomic mass is 9.87. The minimum absolute atomic E-state index is 0.274. The van der Waals surface area contributed by atoms with Crippen molar-refractivity contribution in [2.75, 3.05) is 13.1 Å². The molecular weight excluding hydrogens is 410 g/mol. The predicted octanol–water partition coefficient (Wildman–Crippen LogP) is 4.39. The molecule has 0 N–H and O–H groups in total. The van der Waals surface area contributed by atoms with E-state index in [9.17, 15) is 9.59 Å². The zero-order valence-corrected chi connectivity index (χ0v) is 19.0. The zero-order valence-electron chi connectivity index (χ0n) is 19.0. The minimum Gasteiger partial charge on any atom is -0.453 e. The Morgan fingerprint density at radius 3 is 2.62 bits per heavy atom. The summed E-state index contributed by atoms with van der Waals surface area (Å²) in [5, 5.41) is 5.02. The average molecular weight is 440 g/mol. The number of oxime groups is 1. The standard InChI is InChI=1S/C24H29N3O5/c1-16(18-13-17-7-5-6-8-19(17)25-15-18)30-21(28)20-14-24(32-26-20)9-11-27(12-10-24)22(29)31-23(2,3)4/h5-8,13,15-16H,9-12,14H2,1-4H3. The first-order chi connectivity index (χ1) is 15.1.